The fourth-order valence-corrected chi connectivity index (χ4v) is 1.95. The van der Waals surface area contributed by atoms with Gasteiger partial charge in [0, 0.05) is 32.4 Å². The molecule has 1 aliphatic heterocycles. The molecule has 0 unspecified atom stereocenters. The van der Waals surface area contributed by atoms with Crippen LogP contribution in [0.4, 0.5) is 5.95 Å². The first-order chi connectivity index (χ1) is 9.36. The number of rotatable bonds is 4. The highest BCUT2D eigenvalue weighted by atomic mass is 16.5. The molecular weight excluding hydrogens is 248 g/mol. The number of imidazole rings is 1. The molecule has 2 aromatic rings. The Kier molecular flexibility index (Phi) is 3.43. The van der Waals surface area contributed by atoms with Crippen molar-refractivity contribution in [2.75, 3.05) is 37.7 Å². The van der Waals surface area contributed by atoms with Gasteiger partial charge < -0.3 is 24.5 Å². The molecule has 2 N–H and O–H groups in total. The zero-order chi connectivity index (χ0) is 13.1. The van der Waals surface area contributed by atoms with Gasteiger partial charge in [-0.3, -0.25) is 0 Å². The summed E-state index contributed by atoms with van der Waals surface area (Å²) in [5, 5.41) is 3.98. The quantitative estimate of drug-likeness (QED) is 0.812. The molecule has 1 aliphatic rings. The molecule has 2 aromatic heterocycles. The summed E-state index contributed by atoms with van der Waals surface area (Å²) >= 11 is 0. The SMILES string of the molecule is NCCn1cnc(-c2nc(N3CCOCC3)no2)c1. The molecule has 3 heterocycles. The Balaban J connectivity index is 1.75. The van der Waals surface area contributed by atoms with E-state index < -0.39 is 0 Å². The van der Waals surface area contributed by atoms with E-state index in [2.05, 4.69) is 15.1 Å². The van der Waals surface area contributed by atoms with Crippen molar-refractivity contribution in [3.05, 3.63) is 12.5 Å². The van der Waals surface area contributed by atoms with E-state index in [1.165, 1.54) is 0 Å². The minimum absolute atomic E-state index is 0.428. The lowest BCUT2D eigenvalue weighted by atomic mass is 10.4. The van der Waals surface area contributed by atoms with Gasteiger partial charge in [-0.05, 0) is 5.16 Å². The van der Waals surface area contributed by atoms with Crippen LogP contribution < -0.4 is 10.6 Å². The lowest BCUT2D eigenvalue weighted by Gasteiger charge is -2.24. The molecule has 19 heavy (non-hydrogen) atoms. The van der Waals surface area contributed by atoms with E-state index in [-0.39, 0.29) is 0 Å². The molecule has 0 aliphatic carbocycles. The van der Waals surface area contributed by atoms with Crippen LogP contribution in [-0.2, 0) is 11.3 Å². The molecule has 3 rings (SSSR count). The molecule has 0 amide bonds. The standard InChI is InChI=1S/C11H16N6O2/c12-1-2-16-7-9(13-8-16)10-14-11(15-19-10)17-3-5-18-6-4-17/h7-8H,1-6,12H2. The van der Waals surface area contributed by atoms with Crippen LogP contribution in [0.3, 0.4) is 0 Å². The van der Waals surface area contributed by atoms with Gasteiger partial charge in [0.1, 0.15) is 5.69 Å². The van der Waals surface area contributed by atoms with Gasteiger partial charge in [-0.25, -0.2) is 4.98 Å². The lowest BCUT2D eigenvalue weighted by Crippen LogP contribution is -2.36. The Morgan fingerprint density at radius 1 is 1.32 bits per heavy atom. The zero-order valence-corrected chi connectivity index (χ0v) is 10.5. The van der Waals surface area contributed by atoms with Gasteiger partial charge in [0.25, 0.3) is 11.8 Å². The fraction of sp³-hybridized carbons (Fsp3) is 0.545. The normalized spacial score (nSPS) is 15.9. The van der Waals surface area contributed by atoms with Crippen LogP contribution in [0.25, 0.3) is 11.6 Å². The first kappa shape index (κ1) is 12.1. The van der Waals surface area contributed by atoms with Gasteiger partial charge >= 0.3 is 0 Å². The number of morpholine rings is 1. The largest absolute Gasteiger partial charge is 0.378 e. The third kappa shape index (κ3) is 2.59. The maximum Gasteiger partial charge on any atom is 0.279 e. The van der Waals surface area contributed by atoms with E-state index in [0.29, 0.717) is 37.3 Å². The molecule has 0 atom stereocenters. The van der Waals surface area contributed by atoms with Crippen LogP contribution in [0, 0.1) is 0 Å². The second-order valence-electron chi connectivity index (χ2n) is 4.28. The van der Waals surface area contributed by atoms with Gasteiger partial charge in [0.2, 0.25) is 0 Å². The zero-order valence-electron chi connectivity index (χ0n) is 10.5. The number of nitrogens with two attached hydrogens (primary N) is 1. The van der Waals surface area contributed by atoms with E-state index in [9.17, 15) is 0 Å². The van der Waals surface area contributed by atoms with E-state index in [0.717, 1.165) is 19.6 Å². The molecule has 0 saturated carbocycles. The summed E-state index contributed by atoms with van der Waals surface area (Å²) in [4.78, 5) is 10.6. The maximum absolute atomic E-state index is 5.49. The molecule has 1 saturated heterocycles. The molecule has 102 valence electrons. The maximum atomic E-state index is 5.49. The van der Waals surface area contributed by atoms with Crippen molar-refractivity contribution >= 4 is 5.95 Å². The second-order valence-corrected chi connectivity index (χ2v) is 4.28. The van der Waals surface area contributed by atoms with Crippen molar-refractivity contribution in [2.24, 2.45) is 5.73 Å². The fourth-order valence-electron chi connectivity index (χ4n) is 1.95. The molecule has 0 radical (unpaired) electrons. The van der Waals surface area contributed by atoms with Crippen LogP contribution in [0.5, 0.6) is 0 Å². The summed E-state index contributed by atoms with van der Waals surface area (Å²) in [5.41, 5.74) is 6.16. The number of nitrogens with zero attached hydrogens (tertiary/aromatic N) is 5. The van der Waals surface area contributed by atoms with Gasteiger partial charge in [-0.2, -0.15) is 4.98 Å². The third-order valence-corrected chi connectivity index (χ3v) is 2.95. The summed E-state index contributed by atoms with van der Waals surface area (Å²) in [6, 6.07) is 0. The number of ether oxygens (including phenoxy) is 1. The van der Waals surface area contributed by atoms with Gasteiger partial charge in [0.05, 0.1) is 19.5 Å². The summed E-state index contributed by atoms with van der Waals surface area (Å²) in [5.74, 6) is 1.02. The molecule has 0 spiro atoms. The summed E-state index contributed by atoms with van der Waals surface area (Å²) in [6.07, 6.45) is 3.56. The Hall–Kier alpha value is -1.93. The van der Waals surface area contributed by atoms with E-state index >= 15 is 0 Å². The molecule has 8 nitrogen and oxygen atoms in total. The van der Waals surface area contributed by atoms with Gasteiger partial charge in [-0.1, -0.05) is 0 Å². The first-order valence-corrected chi connectivity index (χ1v) is 6.25. The number of hydrogen-bond acceptors (Lipinski definition) is 7. The first-order valence-electron chi connectivity index (χ1n) is 6.25. The number of anilines is 1. The minimum atomic E-state index is 0.428. The third-order valence-electron chi connectivity index (χ3n) is 2.95. The monoisotopic (exact) mass is 264 g/mol. The van der Waals surface area contributed by atoms with Crippen LogP contribution in [0.2, 0.25) is 0 Å². The number of aromatic nitrogens is 4. The van der Waals surface area contributed by atoms with Crippen molar-refractivity contribution in [2.45, 2.75) is 6.54 Å². The van der Waals surface area contributed by atoms with Crippen molar-refractivity contribution in [1.29, 1.82) is 0 Å². The minimum Gasteiger partial charge on any atom is -0.378 e. The van der Waals surface area contributed by atoms with E-state index in [4.69, 9.17) is 15.0 Å². The van der Waals surface area contributed by atoms with Crippen LogP contribution in [0.1, 0.15) is 0 Å². The van der Waals surface area contributed by atoms with Crippen LogP contribution in [0.15, 0.2) is 17.0 Å². The topological polar surface area (TPSA) is 95.2 Å². The molecule has 8 heteroatoms. The Morgan fingerprint density at radius 2 is 2.16 bits per heavy atom. The van der Waals surface area contributed by atoms with Crippen molar-refractivity contribution < 1.29 is 9.26 Å². The highest BCUT2D eigenvalue weighted by Gasteiger charge is 2.18. The van der Waals surface area contributed by atoms with Crippen LogP contribution >= 0.6 is 0 Å². The average Bonchev–Trinajstić information content (AvgIpc) is 3.08. The summed E-state index contributed by atoms with van der Waals surface area (Å²) in [6.45, 7) is 4.22. The predicted molar refractivity (Wildman–Crippen MR) is 67.6 cm³/mol. The Morgan fingerprint density at radius 3 is 2.95 bits per heavy atom. The molecular formula is C11H16N6O2. The number of hydrogen-bond donors (Lipinski definition) is 1. The molecule has 0 aromatic carbocycles. The summed E-state index contributed by atoms with van der Waals surface area (Å²) < 4.78 is 12.4. The van der Waals surface area contributed by atoms with Gasteiger partial charge in [0.15, 0.2) is 0 Å². The molecule has 0 bridgehead atoms. The molecule has 1 fully saturated rings. The second kappa shape index (κ2) is 5.37. The lowest BCUT2D eigenvalue weighted by molar-refractivity contribution is 0.121. The highest BCUT2D eigenvalue weighted by molar-refractivity contribution is 5.47. The van der Waals surface area contributed by atoms with Crippen molar-refractivity contribution in [1.82, 2.24) is 19.7 Å². The smallest absolute Gasteiger partial charge is 0.279 e. The summed E-state index contributed by atoms with van der Waals surface area (Å²) in [7, 11) is 0. The van der Waals surface area contributed by atoms with Crippen molar-refractivity contribution in [3.63, 3.8) is 0 Å². The van der Waals surface area contributed by atoms with E-state index in [1.807, 2.05) is 15.7 Å². The predicted octanol–water partition coefficient (Wildman–Crippen LogP) is -0.272. The van der Waals surface area contributed by atoms with Crippen molar-refractivity contribution in [3.8, 4) is 11.6 Å². The van der Waals surface area contributed by atoms with E-state index in [1.54, 1.807) is 6.33 Å². The van der Waals surface area contributed by atoms with Gasteiger partial charge in [-0.15, -0.1) is 0 Å². The highest BCUT2D eigenvalue weighted by Crippen LogP contribution is 2.19. The Bertz CT molecular complexity index is 531. The Labute approximate surface area is 110 Å². The average molecular weight is 264 g/mol. The van der Waals surface area contributed by atoms with Crippen LogP contribution in [-0.4, -0.2) is 52.5 Å².